The second-order valence-corrected chi connectivity index (χ2v) is 5.96. The molecule has 3 nitrogen and oxygen atoms in total. The van der Waals surface area contributed by atoms with E-state index >= 15 is 0 Å². The van der Waals surface area contributed by atoms with E-state index < -0.39 is 6.23 Å². The summed E-state index contributed by atoms with van der Waals surface area (Å²) in [6.45, 7) is 9.90. The molecule has 1 N–H and O–H groups in total. The molecule has 1 unspecified atom stereocenters. The molecule has 1 heterocycles. The van der Waals surface area contributed by atoms with Crippen LogP contribution in [0.2, 0.25) is 0 Å². The number of carbonyl (C=O) groups is 1. The molecule has 14 heavy (non-hydrogen) atoms. The molecule has 0 bridgehead atoms. The molecular formula is C11H21NO2. The summed E-state index contributed by atoms with van der Waals surface area (Å²) in [5.74, 6) is 0.0567. The highest BCUT2D eigenvalue weighted by atomic mass is 16.3. The molecule has 1 rings (SSSR count). The quantitative estimate of drug-likeness (QED) is 0.645. The maximum atomic E-state index is 11.8. The van der Waals surface area contributed by atoms with E-state index in [1.807, 2.05) is 34.6 Å². The van der Waals surface area contributed by atoms with Gasteiger partial charge >= 0.3 is 0 Å². The first-order chi connectivity index (χ1) is 6.13. The largest absolute Gasteiger partial charge is 0.373 e. The predicted octanol–water partition coefficient (Wildman–Crippen LogP) is 1.75. The number of aliphatic hydroxyl groups excluding tert-OH is 1. The van der Waals surface area contributed by atoms with Gasteiger partial charge in [0, 0.05) is 12.0 Å². The van der Waals surface area contributed by atoms with Gasteiger partial charge in [0.2, 0.25) is 5.91 Å². The van der Waals surface area contributed by atoms with Crippen molar-refractivity contribution in [2.75, 3.05) is 0 Å². The van der Waals surface area contributed by atoms with Crippen molar-refractivity contribution in [1.82, 2.24) is 4.90 Å². The zero-order chi connectivity index (χ0) is 11.1. The average Bonchev–Trinajstić information content (AvgIpc) is 1.75. The lowest BCUT2D eigenvalue weighted by molar-refractivity contribution is -0.165. The highest BCUT2D eigenvalue weighted by Gasteiger charge is 2.41. The van der Waals surface area contributed by atoms with E-state index in [9.17, 15) is 9.90 Å². The Morgan fingerprint density at radius 1 is 1.43 bits per heavy atom. The number of piperidine rings is 1. The number of likely N-dealkylation sites (tertiary alicyclic amines) is 1. The van der Waals surface area contributed by atoms with Crippen LogP contribution < -0.4 is 0 Å². The molecule has 1 amide bonds. The summed E-state index contributed by atoms with van der Waals surface area (Å²) >= 11 is 0. The number of carbonyl (C=O) groups excluding carboxylic acids is 1. The molecule has 0 saturated carbocycles. The smallest absolute Gasteiger partial charge is 0.225 e. The maximum Gasteiger partial charge on any atom is 0.225 e. The van der Waals surface area contributed by atoms with Gasteiger partial charge in [0.05, 0.1) is 0 Å². The second-order valence-electron chi connectivity index (χ2n) is 5.96. The van der Waals surface area contributed by atoms with Gasteiger partial charge in [0.15, 0.2) is 0 Å². The first kappa shape index (κ1) is 11.5. The van der Waals surface area contributed by atoms with Crippen LogP contribution >= 0.6 is 0 Å². The van der Waals surface area contributed by atoms with E-state index in [2.05, 4.69) is 0 Å². The van der Waals surface area contributed by atoms with Crippen LogP contribution in [-0.2, 0) is 4.79 Å². The lowest BCUT2D eigenvalue weighted by Crippen LogP contribution is -2.56. The van der Waals surface area contributed by atoms with Crippen LogP contribution in [0.1, 0.15) is 47.5 Å². The molecule has 1 aliphatic rings. The van der Waals surface area contributed by atoms with Crippen molar-refractivity contribution >= 4 is 5.91 Å². The van der Waals surface area contributed by atoms with Gasteiger partial charge in [0.25, 0.3) is 0 Å². The fourth-order valence-corrected chi connectivity index (χ4v) is 2.14. The molecule has 0 aromatic rings. The Hall–Kier alpha value is -0.570. The Bertz CT molecular complexity index is 240. The molecule has 1 aliphatic heterocycles. The minimum Gasteiger partial charge on any atom is -0.373 e. The van der Waals surface area contributed by atoms with Gasteiger partial charge in [-0.3, -0.25) is 4.79 Å². The van der Waals surface area contributed by atoms with Gasteiger partial charge < -0.3 is 10.0 Å². The Kier molecular flexibility index (Phi) is 2.65. The molecule has 1 atom stereocenters. The van der Waals surface area contributed by atoms with Gasteiger partial charge in [0.1, 0.15) is 6.23 Å². The van der Waals surface area contributed by atoms with Gasteiger partial charge in [-0.05, 0) is 32.6 Å². The minimum absolute atomic E-state index is 0.0567. The Morgan fingerprint density at radius 3 is 2.29 bits per heavy atom. The molecule has 0 aromatic heterocycles. The molecule has 0 aromatic carbocycles. The molecule has 1 fully saturated rings. The van der Waals surface area contributed by atoms with Gasteiger partial charge in [-0.25, -0.2) is 0 Å². The van der Waals surface area contributed by atoms with Gasteiger partial charge in [-0.15, -0.1) is 0 Å². The van der Waals surface area contributed by atoms with E-state index in [0.29, 0.717) is 12.8 Å². The minimum atomic E-state index is -0.633. The fraction of sp³-hybridized carbons (Fsp3) is 0.909. The molecule has 0 spiro atoms. The fourth-order valence-electron chi connectivity index (χ4n) is 2.14. The normalized spacial score (nSPS) is 28.0. The molecule has 0 radical (unpaired) electrons. The number of nitrogens with zero attached hydrogens (tertiary/aromatic N) is 1. The van der Waals surface area contributed by atoms with Crippen molar-refractivity contribution in [2.24, 2.45) is 5.41 Å². The van der Waals surface area contributed by atoms with Crippen LogP contribution in [0.3, 0.4) is 0 Å². The maximum absolute atomic E-state index is 11.8. The third kappa shape index (κ3) is 2.27. The van der Waals surface area contributed by atoms with Crippen molar-refractivity contribution < 1.29 is 9.90 Å². The lowest BCUT2D eigenvalue weighted by Gasteiger charge is -2.46. The Morgan fingerprint density at radius 2 is 1.93 bits per heavy atom. The van der Waals surface area contributed by atoms with Crippen molar-refractivity contribution in [3.8, 4) is 0 Å². The van der Waals surface area contributed by atoms with Crippen LogP contribution in [0.5, 0.6) is 0 Å². The lowest BCUT2D eigenvalue weighted by atomic mass is 9.80. The third-order valence-electron chi connectivity index (χ3n) is 2.65. The zero-order valence-electron chi connectivity index (χ0n) is 9.79. The van der Waals surface area contributed by atoms with Gasteiger partial charge in [-0.1, -0.05) is 13.8 Å². The highest BCUT2D eigenvalue weighted by molar-refractivity contribution is 5.78. The number of hydrogen-bond acceptors (Lipinski definition) is 2. The standard InChI is InChI=1S/C11H21NO2/c1-10(2,3)12-8(13)6-11(4,5)7-9(12)14/h8,13H,6-7H2,1-5H3. The van der Waals surface area contributed by atoms with Crippen molar-refractivity contribution in [1.29, 1.82) is 0 Å². The summed E-state index contributed by atoms with van der Waals surface area (Å²) in [5, 5.41) is 9.92. The first-order valence-electron chi connectivity index (χ1n) is 5.14. The van der Waals surface area contributed by atoms with Crippen molar-refractivity contribution in [2.45, 2.75) is 59.2 Å². The predicted molar refractivity (Wildman–Crippen MR) is 55.6 cm³/mol. The second kappa shape index (κ2) is 3.23. The number of hydrogen-bond donors (Lipinski definition) is 1. The summed E-state index contributed by atoms with van der Waals surface area (Å²) in [5.41, 5.74) is -0.356. The summed E-state index contributed by atoms with van der Waals surface area (Å²) in [4.78, 5) is 13.4. The molecule has 1 saturated heterocycles. The Labute approximate surface area is 86.1 Å². The van der Waals surface area contributed by atoms with Crippen molar-refractivity contribution in [3.63, 3.8) is 0 Å². The van der Waals surface area contributed by atoms with E-state index in [4.69, 9.17) is 0 Å². The SMILES string of the molecule is CC1(C)CC(=O)N(C(C)(C)C)C(O)C1. The monoisotopic (exact) mass is 199 g/mol. The summed E-state index contributed by atoms with van der Waals surface area (Å²) in [7, 11) is 0. The molecule has 3 heteroatoms. The first-order valence-corrected chi connectivity index (χ1v) is 5.14. The molecular weight excluding hydrogens is 178 g/mol. The molecule has 82 valence electrons. The van der Waals surface area contributed by atoms with Gasteiger partial charge in [-0.2, -0.15) is 0 Å². The van der Waals surface area contributed by atoms with Crippen LogP contribution in [-0.4, -0.2) is 27.7 Å². The highest BCUT2D eigenvalue weighted by Crippen LogP contribution is 2.36. The number of amides is 1. The average molecular weight is 199 g/mol. The van der Waals surface area contributed by atoms with Crippen LogP contribution in [0, 0.1) is 5.41 Å². The summed E-state index contributed by atoms with van der Waals surface area (Å²) in [6, 6.07) is 0. The van der Waals surface area contributed by atoms with Crippen molar-refractivity contribution in [3.05, 3.63) is 0 Å². The van der Waals surface area contributed by atoms with Crippen LogP contribution in [0.25, 0.3) is 0 Å². The molecule has 0 aliphatic carbocycles. The Balaban J connectivity index is 2.87. The summed E-state index contributed by atoms with van der Waals surface area (Å²) < 4.78 is 0. The van der Waals surface area contributed by atoms with Crippen LogP contribution in [0.15, 0.2) is 0 Å². The topological polar surface area (TPSA) is 40.5 Å². The zero-order valence-corrected chi connectivity index (χ0v) is 9.79. The van der Waals surface area contributed by atoms with E-state index in [1.54, 1.807) is 4.90 Å². The van der Waals surface area contributed by atoms with E-state index in [0.717, 1.165) is 0 Å². The summed E-state index contributed by atoms with van der Waals surface area (Å²) in [6.07, 6.45) is 0.559. The van der Waals surface area contributed by atoms with E-state index in [-0.39, 0.29) is 16.9 Å². The van der Waals surface area contributed by atoms with E-state index in [1.165, 1.54) is 0 Å². The number of rotatable bonds is 0. The number of aliphatic hydroxyl groups is 1. The van der Waals surface area contributed by atoms with Crippen LogP contribution in [0.4, 0.5) is 0 Å². The third-order valence-corrected chi connectivity index (χ3v) is 2.65.